The minimum Gasteiger partial charge on any atom is -0.330 e. The predicted molar refractivity (Wildman–Crippen MR) is 73.2 cm³/mol. The summed E-state index contributed by atoms with van der Waals surface area (Å²) in [6.07, 6.45) is 0. The first-order valence-corrected chi connectivity index (χ1v) is 6.07. The van der Waals surface area contributed by atoms with E-state index in [1.54, 1.807) is 6.07 Å². The number of amides is 1. The number of nitrogens with zero attached hydrogens (tertiary/aromatic N) is 1. The van der Waals surface area contributed by atoms with Gasteiger partial charge in [-0.05, 0) is 37.3 Å². The van der Waals surface area contributed by atoms with Gasteiger partial charge in [-0.1, -0.05) is 17.7 Å². The molecule has 19 heavy (non-hydrogen) atoms. The maximum absolute atomic E-state index is 13.4. The first-order chi connectivity index (χ1) is 9.13. The van der Waals surface area contributed by atoms with E-state index in [9.17, 15) is 9.18 Å². The van der Waals surface area contributed by atoms with E-state index < -0.39 is 0 Å². The fourth-order valence-electron chi connectivity index (χ4n) is 2.21. The molecular formula is C15H13FN2O. The average Bonchev–Trinajstić information content (AvgIpc) is 2.39. The van der Waals surface area contributed by atoms with Gasteiger partial charge < -0.3 is 10.2 Å². The molecule has 0 aliphatic carbocycles. The van der Waals surface area contributed by atoms with Gasteiger partial charge in [0.15, 0.2) is 0 Å². The van der Waals surface area contributed by atoms with E-state index in [4.69, 9.17) is 0 Å². The number of hydrogen-bond donors (Lipinski definition) is 1. The number of carbonyl (C=O) groups excluding carboxylic acids is 1. The minimum absolute atomic E-state index is 0.0975. The SMILES string of the molecule is Cc1ccc(N2CC(=O)Nc3ccc(F)cc32)cc1. The zero-order valence-electron chi connectivity index (χ0n) is 10.5. The molecule has 0 spiro atoms. The fourth-order valence-corrected chi connectivity index (χ4v) is 2.21. The van der Waals surface area contributed by atoms with Crippen molar-refractivity contribution in [2.24, 2.45) is 0 Å². The van der Waals surface area contributed by atoms with Crippen molar-refractivity contribution in [3.8, 4) is 0 Å². The van der Waals surface area contributed by atoms with Crippen LogP contribution in [0.5, 0.6) is 0 Å². The number of aryl methyl sites for hydroxylation is 1. The summed E-state index contributed by atoms with van der Waals surface area (Å²) < 4.78 is 13.4. The lowest BCUT2D eigenvalue weighted by Crippen LogP contribution is -2.35. The first kappa shape index (κ1) is 11.7. The van der Waals surface area contributed by atoms with Gasteiger partial charge in [-0.15, -0.1) is 0 Å². The van der Waals surface area contributed by atoms with Crippen LogP contribution in [-0.4, -0.2) is 12.5 Å². The Labute approximate surface area is 110 Å². The normalized spacial score (nSPS) is 14.0. The van der Waals surface area contributed by atoms with E-state index in [0.717, 1.165) is 11.3 Å². The topological polar surface area (TPSA) is 32.3 Å². The van der Waals surface area contributed by atoms with Crippen LogP contribution in [-0.2, 0) is 4.79 Å². The molecule has 2 aromatic carbocycles. The molecule has 0 bridgehead atoms. The summed E-state index contributed by atoms with van der Waals surface area (Å²) in [5, 5.41) is 2.75. The van der Waals surface area contributed by atoms with Crippen LogP contribution in [0, 0.1) is 12.7 Å². The highest BCUT2D eigenvalue weighted by atomic mass is 19.1. The zero-order valence-corrected chi connectivity index (χ0v) is 10.5. The third-order valence-electron chi connectivity index (χ3n) is 3.17. The van der Waals surface area contributed by atoms with Gasteiger partial charge in [0.2, 0.25) is 5.91 Å². The van der Waals surface area contributed by atoms with E-state index in [1.807, 2.05) is 36.1 Å². The summed E-state index contributed by atoms with van der Waals surface area (Å²) in [7, 11) is 0. The van der Waals surface area contributed by atoms with Gasteiger partial charge in [-0.25, -0.2) is 4.39 Å². The van der Waals surface area contributed by atoms with E-state index in [2.05, 4.69) is 5.32 Å². The molecule has 0 atom stereocenters. The summed E-state index contributed by atoms with van der Waals surface area (Å²) in [6.45, 7) is 2.19. The maximum atomic E-state index is 13.4. The van der Waals surface area contributed by atoms with Crippen LogP contribution in [0.15, 0.2) is 42.5 Å². The van der Waals surface area contributed by atoms with Crippen LogP contribution >= 0.6 is 0 Å². The zero-order chi connectivity index (χ0) is 13.4. The highest BCUT2D eigenvalue weighted by Crippen LogP contribution is 2.35. The second kappa shape index (κ2) is 4.39. The summed E-state index contributed by atoms with van der Waals surface area (Å²) in [5.41, 5.74) is 3.35. The molecule has 0 aromatic heterocycles. The van der Waals surface area contributed by atoms with Crippen molar-refractivity contribution in [3.05, 3.63) is 53.8 Å². The van der Waals surface area contributed by atoms with E-state index >= 15 is 0 Å². The number of carbonyl (C=O) groups is 1. The molecule has 0 unspecified atom stereocenters. The predicted octanol–water partition coefficient (Wildman–Crippen LogP) is 3.22. The molecule has 0 radical (unpaired) electrons. The van der Waals surface area contributed by atoms with Gasteiger partial charge in [-0.3, -0.25) is 4.79 Å². The van der Waals surface area contributed by atoms with Gasteiger partial charge in [0.1, 0.15) is 12.4 Å². The molecule has 3 nitrogen and oxygen atoms in total. The molecule has 96 valence electrons. The minimum atomic E-state index is -0.313. The second-order valence-corrected chi connectivity index (χ2v) is 4.63. The van der Waals surface area contributed by atoms with Crippen molar-refractivity contribution in [1.82, 2.24) is 0 Å². The molecule has 1 amide bonds. The Kier molecular flexibility index (Phi) is 2.71. The molecule has 1 aliphatic rings. The Bertz CT molecular complexity index is 637. The smallest absolute Gasteiger partial charge is 0.244 e. The molecule has 3 rings (SSSR count). The molecule has 1 heterocycles. The van der Waals surface area contributed by atoms with Crippen molar-refractivity contribution >= 4 is 23.0 Å². The summed E-state index contributed by atoms with van der Waals surface area (Å²) in [6, 6.07) is 12.2. The number of nitrogens with one attached hydrogen (secondary N) is 1. The lowest BCUT2D eigenvalue weighted by molar-refractivity contribution is -0.115. The Balaban J connectivity index is 2.09. The summed E-state index contributed by atoms with van der Waals surface area (Å²) >= 11 is 0. The Morgan fingerprint density at radius 2 is 1.89 bits per heavy atom. The highest BCUT2D eigenvalue weighted by molar-refractivity contribution is 6.03. The number of benzene rings is 2. The first-order valence-electron chi connectivity index (χ1n) is 6.07. The quantitative estimate of drug-likeness (QED) is 0.849. The van der Waals surface area contributed by atoms with Crippen molar-refractivity contribution in [2.75, 3.05) is 16.8 Å². The van der Waals surface area contributed by atoms with Crippen LogP contribution in [0.3, 0.4) is 0 Å². The molecule has 0 saturated carbocycles. The van der Waals surface area contributed by atoms with Gasteiger partial charge in [-0.2, -0.15) is 0 Å². The number of anilines is 3. The van der Waals surface area contributed by atoms with E-state index in [-0.39, 0.29) is 18.3 Å². The second-order valence-electron chi connectivity index (χ2n) is 4.63. The third-order valence-corrected chi connectivity index (χ3v) is 3.17. The van der Waals surface area contributed by atoms with Crippen LogP contribution < -0.4 is 10.2 Å². The molecular weight excluding hydrogens is 243 g/mol. The molecule has 0 fully saturated rings. The maximum Gasteiger partial charge on any atom is 0.244 e. The standard InChI is InChI=1S/C15H13FN2O/c1-10-2-5-12(6-3-10)18-9-15(19)17-13-7-4-11(16)8-14(13)18/h2-8H,9H2,1H3,(H,17,19). The van der Waals surface area contributed by atoms with Crippen molar-refractivity contribution < 1.29 is 9.18 Å². The van der Waals surface area contributed by atoms with Crippen LogP contribution in [0.25, 0.3) is 0 Å². The van der Waals surface area contributed by atoms with Crippen molar-refractivity contribution in [3.63, 3.8) is 0 Å². The van der Waals surface area contributed by atoms with E-state index in [1.165, 1.54) is 12.1 Å². The molecule has 2 aromatic rings. The molecule has 0 saturated heterocycles. The number of halogens is 1. The Hall–Kier alpha value is -2.36. The van der Waals surface area contributed by atoms with Crippen molar-refractivity contribution in [1.29, 1.82) is 0 Å². The van der Waals surface area contributed by atoms with Crippen LogP contribution in [0.1, 0.15) is 5.56 Å². The van der Waals surface area contributed by atoms with E-state index in [0.29, 0.717) is 11.4 Å². The molecule has 1 aliphatic heterocycles. The largest absolute Gasteiger partial charge is 0.330 e. The lowest BCUT2D eigenvalue weighted by atomic mass is 10.1. The monoisotopic (exact) mass is 256 g/mol. The summed E-state index contributed by atoms with van der Waals surface area (Å²) in [5.74, 6) is -0.410. The molecule has 4 heteroatoms. The number of fused-ring (bicyclic) bond motifs is 1. The average molecular weight is 256 g/mol. The third kappa shape index (κ3) is 2.17. The van der Waals surface area contributed by atoms with Gasteiger partial charge in [0.05, 0.1) is 11.4 Å². The van der Waals surface area contributed by atoms with Crippen LogP contribution in [0.2, 0.25) is 0 Å². The highest BCUT2D eigenvalue weighted by Gasteiger charge is 2.23. The van der Waals surface area contributed by atoms with Crippen molar-refractivity contribution in [2.45, 2.75) is 6.92 Å². The van der Waals surface area contributed by atoms with Gasteiger partial charge in [0, 0.05) is 5.69 Å². The molecule has 1 N–H and O–H groups in total. The van der Waals surface area contributed by atoms with Gasteiger partial charge in [0.25, 0.3) is 0 Å². The number of hydrogen-bond acceptors (Lipinski definition) is 2. The lowest BCUT2D eigenvalue weighted by Gasteiger charge is -2.31. The number of rotatable bonds is 1. The summed E-state index contributed by atoms with van der Waals surface area (Å²) in [4.78, 5) is 13.5. The van der Waals surface area contributed by atoms with Gasteiger partial charge >= 0.3 is 0 Å². The van der Waals surface area contributed by atoms with Crippen LogP contribution in [0.4, 0.5) is 21.5 Å². The Morgan fingerprint density at radius 1 is 1.16 bits per heavy atom. The Morgan fingerprint density at radius 3 is 2.63 bits per heavy atom. The fraction of sp³-hybridized carbons (Fsp3) is 0.133.